The lowest BCUT2D eigenvalue weighted by atomic mass is 10.2. The Hall–Kier alpha value is -2.01. The molecule has 0 radical (unpaired) electrons. The molecule has 0 fully saturated rings. The molecule has 0 saturated carbocycles. The van der Waals surface area contributed by atoms with Crippen molar-refractivity contribution in [2.24, 2.45) is 0 Å². The van der Waals surface area contributed by atoms with E-state index in [1.165, 1.54) is 0 Å². The Balaban J connectivity index is 2.07. The first kappa shape index (κ1) is 12.0. The number of aromatic nitrogens is 4. The van der Waals surface area contributed by atoms with Crippen molar-refractivity contribution in [3.8, 4) is 0 Å². The van der Waals surface area contributed by atoms with Gasteiger partial charge in [0.05, 0.1) is 12.1 Å². The SMILES string of the molecule is Cc1cnc2c(c1)[nH]c(=S)n2Cc1ccc(C)nc1. The number of aromatic amines is 1. The molecule has 3 aromatic heterocycles. The molecule has 0 aliphatic rings. The molecular formula is C14H14N4S. The van der Waals surface area contributed by atoms with Crippen LogP contribution in [0.25, 0.3) is 11.2 Å². The van der Waals surface area contributed by atoms with Gasteiger partial charge >= 0.3 is 0 Å². The van der Waals surface area contributed by atoms with Gasteiger partial charge in [0.15, 0.2) is 10.4 Å². The predicted octanol–water partition coefficient (Wildman–Crippen LogP) is 3.15. The number of H-pyrrole nitrogens is 1. The molecule has 4 nitrogen and oxygen atoms in total. The van der Waals surface area contributed by atoms with Crippen LogP contribution in [0.2, 0.25) is 0 Å². The topological polar surface area (TPSA) is 46.5 Å². The molecule has 0 atom stereocenters. The first-order valence-corrected chi connectivity index (χ1v) is 6.51. The number of hydrogen-bond acceptors (Lipinski definition) is 3. The molecule has 0 saturated heterocycles. The molecule has 3 heterocycles. The Kier molecular flexibility index (Phi) is 2.91. The highest BCUT2D eigenvalue weighted by molar-refractivity contribution is 7.71. The molecule has 1 N–H and O–H groups in total. The van der Waals surface area contributed by atoms with Gasteiger partial charge in [-0.3, -0.25) is 9.55 Å². The number of nitrogens with zero attached hydrogens (tertiary/aromatic N) is 3. The van der Waals surface area contributed by atoms with Crippen molar-refractivity contribution in [1.82, 2.24) is 19.5 Å². The summed E-state index contributed by atoms with van der Waals surface area (Å²) in [6, 6.07) is 6.13. The zero-order valence-electron chi connectivity index (χ0n) is 10.8. The molecule has 0 aromatic carbocycles. The summed E-state index contributed by atoms with van der Waals surface area (Å²) in [4.78, 5) is 12.0. The van der Waals surface area contributed by atoms with Crippen LogP contribution >= 0.6 is 12.2 Å². The number of nitrogens with one attached hydrogen (secondary N) is 1. The number of imidazole rings is 1. The van der Waals surface area contributed by atoms with Gasteiger partial charge in [-0.15, -0.1) is 0 Å². The van der Waals surface area contributed by atoms with Gasteiger partial charge in [0, 0.05) is 18.1 Å². The Morgan fingerprint density at radius 2 is 2.05 bits per heavy atom. The first-order valence-electron chi connectivity index (χ1n) is 6.10. The van der Waals surface area contributed by atoms with Gasteiger partial charge in [-0.2, -0.15) is 0 Å². The quantitative estimate of drug-likeness (QED) is 0.728. The van der Waals surface area contributed by atoms with Crippen molar-refractivity contribution in [3.05, 3.63) is 52.2 Å². The molecule has 0 unspecified atom stereocenters. The second-order valence-corrected chi connectivity index (χ2v) is 5.09. The number of fused-ring (bicyclic) bond motifs is 1. The number of pyridine rings is 2. The van der Waals surface area contributed by atoms with Gasteiger partial charge in [0.1, 0.15) is 0 Å². The number of aryl methyl sites for hydroxylation is 2. The number of rotatable bonds is 2. The second kappa shape index (κ2) is 4.59. The van der Waals surface area contributed by atoms with Crippen molar-refractivity contribution in [3.63, 3.8) is 0 Å². The van der Waals surface area contributed by atoms with Crippen molar-refractivity contribution >= 4 is 23.4 Å². The maximum Gasteiger partial charge on any atom is 0.179 e. The molecule has 3 rings (SSSR count). The van der Waals surface area contributed by atoms with Crippen molar-refractivity contribution in [2.75, 3.05) is 0 Å². The first-order chi connectivity index (χ1) is 9.13. The van der Waals surface area contributed by atoms with E-state index in [0.717, 1.165) is 28.0 Å². The number of hydrogen-bond donors (Lipinski definition) is 1. The predicted molar refractivity (Wildman–Crippen MR) is 77.7 cm³/mol. The van der Waals surface area contributed by atoms with E-state index >= 15 is 0 Å². The molecule has 19 heavy (non-hydrogen) atoms. The zero-order valence-corrected chi connectivity index (χ0v) is 11.7. The van der Waals surface area contributed by atoms with E-state index in [2.05, 4.69) is 27.1 Å². The van der Waals surface area contributed by atoms with Crippen LogP contribution in [0.15, 0.2) is 30.6 Å². The van der Waals surface area contributed by atoms with Gasteiger partial charge in [-0.1, -0.05) is 6.07 Å². The molecule has 0 aliphatic heterocycles. The minimum atomic E-state index is 0.683. The molecule has 5 heteroatoms. The van der Waals surface area contributed by atoms with E-state index in [1.54, 1.807) is 0 Å². The van der Waals surface area contributed by atoms with Crippen LogP contribution in [0.4, 0.5) is 0 Å². The van der Waals surface area contributed by atoms with Crippen LogP contribution in [0.5, 0.6) is 0 Å². The van der Waals surface area contributed by atoms with Crippen LogP contribution in [-0.2, 0) is 6.54 Å². The molecule has 3 aromatic rings. The third-order valence-electron chi connectivity index (χ3n) is 3.06. The smallest absolute Gasteiger partial charge is 0.179 e. The van der Waals surface area contributed by atoms with Gasteiger partial charge < -0.3 is 4.98 Å². The summed E-state index contributed by atoms with van der Waals surface area (Å²) < 4.78 is 2.69. The molecule has 0 bridgehead atoms. The van der Waals surface area contributed by atoms with E-state index < -0.39 is 0 Å². The summed E-state index contributed by atoms with van der Waals surface area (Å²) >= 11 is 5.37. The van der Waals surface area contributed by atoms with Crippen LogP contribution in [0, 0.1) is 18.6 Å². The average molecular weight is 270 g/mol. The van der Waals surface area contributed by atoms with Gasteiger partial charge in [-0.25, -0.2) is 4.98 Å². The highest BCUT2D eigenvalue weighted by Crippen LogP contribution is 2.14. The summed E-state index contributed by atoms with van der Waals surface area (Å²) in [6.45, 7) is 4.68. The Morgan fingerprint density at radius 3 is 2.79 bits per heavy atom. The fourth-order valence-corrected chi connectivity index (χ4v) is 2.33. The van der Waals surface area contributed by atoms with Gasteiger partial charge in [0.25, 0.3) is 0 Å². The van der Waals surface area contributed by atoms with Crippen LogP contribution in [0.1, 0.15) is 16.8 Å². The van der Waals surface area contributed by atoms with Gasteiger partial charge in [0.2, 0.25) is 0 Å². The third-order valence-corrected chi connectivity index (χ3v) is 3.38. The molecule has 96 valence electrons. The Morgan fingerprint density at radius 1 is 1.21 bits per heavy atom. The maximum atomic E-state index is 5.37. The van der Waals surface area contributed by atoms with Crippen molar-refractivity contribution in [1.29, 1.82) is 0 Å². The van der Waals surface area contributed by atoms with E-state index in [9.17, 15) is 0 Å². The van der Waals surface area contributed by atoms with Crippen LogP contribution in [-0.4, -0.2) is 19.5 Å². The summed E-state index contributed by atoms with van der Waals surface area (Å²) in [6.07, 6.45) is 3.74. The molecule has 0 amide bonds. The van der Waals surface area contributed by atoms with E-state index in [4.69, 9.17) is 12.2 Å². The van der Waals surface area contributed by atoms with Gasteiger partial charge in [-0.05, 0) is 49.3 Å². The Labute approximate surface area is 116 Å². The summed E-state index contributed by atoms with van der Waals surface area (Å²) in [5, 5.41) is 0. The monoisotopic (exact) mass is 270 g/mol. The fourth-order valence-electron chi connectivity index (χ4n) is 2.07. The van der Waals surface area contributed by atoms with Crippen LogP contribution in [0.3, 0.4) is 0 Å². The maximum absolute atomic E-state index is 5.37. The zero-order chi connectivity index (χ0) is 13.4. The summed E-state index contributed by atoms with van der Waals surface area (Å²) in [5.41, 5.74) is 5.11. The lowest BCUT2D eigenvalue weighted by Gasteiger charge is -2.04. The third kappa shape index (κ3) is 2.29. The minimum Gasteiger partial charge on any atom is -0.329 e. The second-order valence-electron chi connectivity index (χ2n) is 4.71. The molecular weight excluding hydrogens is 256 g/mol. The highest BCUT2D eigenvalue weighted by Gasteiger charge is 2.06. The normalized spacial score (nSPS) is 11.1. The van der Waals surface area contributed by atoms with E-state index in [0.29, 0.717) is 11.3 Å². The molecule has 0 aliphatic carbocycles. The van der Waals surface area contributed by atoms with E-state index in [-0.39, 0.29) is 0 Å². The van der Waals surface area contributed by atoms with Crippen molar-refractivity contribution < 1.29 is 0 Å². The highest BCUT2D eigenvalue weighted by atomic mass is 32.1. The van der Waals surface area contributed by atoms with Crippen molar-refractivity contribution in [2.45, 2.75) is 20.4 Å². The lowest BCUT2D eigenvalue weighted by molar-refractivity contribution is 0.795. The molecule has 0 spiro atoms. The lowest BCUT2D eigenvalue weighted by Crippen LogP contribution is -2.01. The van der Waals surface area contributed by atoms with Crippen LogP contribution < -0.4 is 0 Å². The Bertz CT molecular complexity index is 783. The summed E-state index contributed by atoms with van der Waals surface area (Å²) in [7, 11) is 0. The average Bonchev–Trinajstić information content (AvgIpc) is 2.68. The summed E-state index contributed by atoms with van der Waals surface area (Å²) in [5.74, 6) is 0. The fraction of sp³-hybridized carbons (Fsp3) is 0.214. The minimum absolute atomic E-state index is 0.683. The largest absolute Gasteiger partial charge is 0.329 e. The standard InChI is InChI=1S/C14H14N4S/c1-9-5-12-13(16-6-9)18(14(19)17-12)8-11-4-3-10(2)15-7-11/h3-7H,8H2,1-2H3,(H,17,19). The van der Waals surface area contributed by atoms with E-state index in [1.807, 2.05) is 36.9 Å².